The molecule has 0 saturated heterocycles. The fourth-order valence-corrected chi connectivity index (χ4v) is 2.14. The SMILES string of the molecule is CCc1c(C(=O)O)cnc2c1c(=O)n(C)c(=O)n2C. The third kappa shape index (κ3) is 1.74. The molecule has 100 valence electrons. The van der Waals surface area contributed by atoms with Gasteiger partial charge in [-0.2, -0.15) is 0 Å². The number of nitrogens with zero attached hydrogens (tertiary/aromatic N) is 3. The van der Waals surface area contributed by atoms with E-state index in [-0.39, 0.29) is 16.6 Å². The van der Waals surface area contributed by atoms with Gasteiger partial charge in [0.1, 0.15) is 5.65 Å². The fraction of sp³-hybridized carbons (Fsp3) is 0.333. The lowest BCUT2D eigenvalue weighted by atomic mass is 10.0. The molecule has 7 heteroatoms. The number of hydrogen-bond acceptors (Lipinski definition) is 4. The lowest BCUT2D eigenvalue weighted by Gasteiger charge is -2.11. The molecule has 19 heavy (non-hydrogen) atoms. The fourth-order valence-electron chi connectivity index (χ4n) is 2.14. The van der Waals surface area contributed by atoms with Crippen molar-refractivity contribution in [3.8, 4) is 0 Å². The van der Waals surface area contributed by atoms with Crippen LogP contribution in [0, 0.1) is 0 Å². The standard InChI is InChI=1S/C12H13N3O4/c1-4-6-7(11(17)18)5-13-9-8(6)10(16)15(3)12(19)14(9)2/h5H,4H2,1-3H3,(H,17,18). The Morgan fingerprint density at radius 3 is 2.47 bits per heavy atom. The summed E-state index contributed by atoms with van der Waals surface area (Å²) in [7, 11) is 2.86. The molecular formula is C12H13N3O4. The van der Waals surface area contributed by atoms with E-state index in [0.717, 1.165) is 4.57 Å². The average Bonchev–Trinajstić information content (AvgIpc) is 2.40. The van der Waals surface area contributed by atoms with Crippen LogP contribution >= 0.6 is 0 Å². The topological polar surface area (TPSA) is 94.2 Å². The molecule has 2 heterocycles. The van der Waals surface area contributed by atoms with Crippen LogP contribution < -0.4 is 11.2 Å². The van der Waals surface area contributed by atoms with E-state index in [1.54, 1.807) is 6.92 Å². The first kappa shape index (κ1) is 13.0. The first-order chi connectivity index (χ1) is 8.90. The predicted octanol–water partition coefficient (Wildman–Crippen LogP) is -0.107. The van der Waals surface area contributed by atoms with Crippen LogP contribution in [0.15, 0.2) is 15.8 Å². The number of hydrogen-bond donors (Lipinski definition) is 1. The van der Waals surface area contributed by atoms with Gasteiger partial charge in [-0.25, -0.2) is 14.6 Å². The van der Waals surface area contributed by atoms with Crippen LogP contribution in [0.5, 0.6) is 0 Å². The molecule has 0 radical (unpaired) electrons. The minimum absolute atomic E-state index is 0.00857. The van der Waals surface area contributed by atoms with E-state index in [0.29, 0.717) is 12.0 Å². The van der Waals surface area contributed by atoms with Crippen molar-refractivity contribution in [2.75, 3.05) is 0 Å². The Balaban J connectivity index is 3.14. The summed E-state index contributed by atoms with van der Waals surface area (Å²) in [6, 6.07) is 0. The minimum Gasteiger partial charge on any atom is -0.478 e. The number of pyridine rings is 1. The number of rotatable bonds is 2. The Hall–Kier alpha value is -2.44. The Kier molecular flexibility index (Phi) is 2.97. The van der Waals surface area contributed by atoms with Crippen LogP contribution in [-0.4, -0.2) is 25.2 Å². The molecular weight excluding hydrogens is 250 g/mol. The Bertz CT molecular complexity index is 801. The molecule has 0 amide bonds. The van der Waals surface area contributed by atoms with Gasteiger partial charge in [0, 0.05) is 20.3 Å². The number of fused-ring (bicyclic) bond motifs is 1. The number of carboxylic acid groups (broad SMARTS) is 1. The van der Waals surface area contributed by atoms with Crippen molar-refractivity contribution in [2.45, 2.75) is 13.3 Å². The van der Waals surface area contributed by atoms with Gasteiger partial charge in [-0.1, -0.05) is 6.92 Å². The van der Waals surface area contributed by atoms with E-state index in [1.807, 2.05) is 0 Å². The maximum Gasteiger partial charge on any atom is 0.337 e. The highest BCUT2D eigenvalue weighted by atomic mass is 16.4. The van der Waals surface area contributed by atoms with Crippen LogP contribution in [-0.2, 0) is 20.5 Å². The average molecular weight is 263 g/mol. The van der Waals surface area contributed by atoms with E-state index in [1.165, 1.54) is 24.9 Å². The predicted molar refractivity (Wildman–Crippen MR) is 68.6 cm³/mol. The first-order valence-electron chi connectivity index (χ1n) is 5.71. The highest BCUT2D eigenvalue weighted by molar-refractivity contribution is 5.94. The summed E-state index contributed by atoms with van der Waals surface area (Å²) in [5.41, 5.74) is -0.421. The zero-order valence-electron chi connectivity index (χ0n) is 10.8. The highest BCUT2D eigenvalue weighted by Gasteiger charge is 2.18. The zero-order valence-corrected chi connectivity index (χ0v) is 10.8. The zero-order chi connectivity index (χ0) is 14.3. The van der Waals surface area contributed by atoms with Gasteiger partial charge >= 0.3 is 11.7 Å². The molecule has 0 aromatic carbocycles. The van der Waals surface area contributed by atoms with Crippen LogP contribution in [0.3, 0.4) is 0 Å². The van der Waals surface area contributed by atoms with Gasteiger partial charge in [0.2, 0.25) is 0 Å². The summed E-state index contributed by atoms with van der Waals surface area (Å²) in [6.07, 6.45) is 1.55. The molecule has 7 nitrogen and oxygen atoms in total. The van der Waals surface area contributed by atoms with Crippen molar-refractivity contribution in [1.82, 2.24) is 14.1 Å². The van der Waals surface area contributed by atoms with Gasteiger partial charge in [0.15, 0.2) is 0 Å². The molecule has 0 saturated carbocycles. The third-order valence-corrected chi connectivity index (χ3v) is 3.16. The second kappa shape index (κ2) is 4.34. The summed E-state index contributed by atoms with van der Waals surface area (Å²) < 4.78 is 2.19. The Labute approximate surface area is 107 Å². The minimum atomic E-state index is -1.14. The molecule has 0 aliphatic heterocycles. The molecule has 2 aromatic rings. The summed E-state index contributed by atoms with van der Waals surface area (Å²) >= 11 is 0. The number of carbonyl (C=O) groups is 1. The number of carboxylic acids is 1. The van der Waals surface area contributed by atoms with Crippen molar-refractivity contribution in [3.05, 3.63) is 38.2 Å². The lowest BCUT2D eigenvalue weighted by Crippen LogP contribution is -2.38. The van der Waals surface area contributed by atoms with Crippen molar-refractivity contribution in [1.29, 1.82) is 0 Å². The van der Waals surface area contributed by atoms with E-state index >= 15 is 0 Å². The van der Waals surface area contributed by atoms with Gasteiger partial charge in [-0.05, 0) is 12.0 Å². The molecule has 0 spiro atoms. The van der Waals surface area contributed by atoms with Crippen LogP contribution in [0.4, 0.5) is 0 Å². The lowest BCUT2D eigenvalue weighted by molar-refractivity contribution is 0.0695. The molecule has 0 atom stereocenters. The second-order valence-electron chi connectivity index (χ2n) is 4.21. The largest absolute Gasteiger partial charge is 0.478 e. The molecule has 2 aromatic heterocycles. The summed E-state index contributed by atoms with van der Waals surface area (Å²) in [6.45, 7) is 1.76. The highest BCUT2D eigenvalue weighted by Crippen LogP contribution is 2.17. The molecule has 0 unspecified atom stereocenters. The Morgan fingerprint density at radius 1 is 1.32 bits per heavy atom. The van der Waals surface area contributed by atoms with Crippen molar-refractivity contribution >= 4 is 17.0 Å². The molecule has 0 bridgehead atoms. The van der Waals surface area contributed by atoms with E-state index in [9.17, 15) is 14.4 Å². The molecule has 2 rings (SSSR count). The maximum atomic E-state index is 12.2. The molecule has 0 aliphatic carbocycles. The van der Waals surface area contributed by atoms with E-state index < -0.39 is 17.2 Å². The number of aryl methyl sites for hydroxylation is 2. The van der Waals surface area contributed by atoms with Gasteiger partial charge in [0.05, 0.1) is 10.9 Å². The quantitative estimate of drug-likeness (QED) is 0.816. The van der Waals surface area contributed by atoms with Gasteiger partial charge in [-0.3, -0.25) is 13.9 Å². The Morgan fingerprint density at radius 2 is 1.95 bits per heavy atom. The van der Waals surface area contributed by atoms with Crippen LogP contribution in [0.1, 0.15) is 22.8 Å². The maximum absolute atomic E-state index is 12.2. The van der Waals surface area contributed by atoms with Crippen molar-refractivity contribution < 1.29 is 9.90 Å². The summed E-state index contributed by atoms with van der Waals surface area (Å²) in [4.78, 5) is 39.1. The monoisotopic (exact) mass is 263 g/mol. The number of aromatic nitrogens is 3. The third-order valence-electron chi connectivity index (χ3n) is 3.16. The number of aromatic carboxylic acids is 1. The van der Waals surface area contributed by atoms with Gasteiger partial charge in [0.25, 0.3) is 5.56 Å². The smallest absolute Gasteiger partial charge is 0.337 e. The first-order valence-corrected chi connectivity index (χ1v) is 5.71. The van der Waals surface area contributed by atoms with Crippen LogP contribution in [0.25, 0.3) is 11.0 Å². The second-order valence-corrected chi connectivity index (χ2v) is 4.21. The summed E-state index contributed by atoms with van der Waals surface area (Å²) in [5, 5.41) is 9.31. The van der Waals surface area contributed by atoms with E-state index in [2.05, 4.69) is 4.98 Å². The van der Waals surface area contributed by atoms with Crippen molar-refractivity contribution in [2.24, 2.45) is 14.1 Å². The van der Waals surface area contributed by atoms with Crippen LogP contribution in [0.2, 0.25) is 0 Å². The molecule has 0 aliphatic rings. The molecule has 0 fully saturated rings. The molecule has 1 N–H and O–H groups in total. The van der Waals surface area contributed by atoms with Gasteiger partial charge in [-0.15, -0.1) is 0 Å². The van der Waals surface area contributed by atoms with Gasteiger partial charge < -0.3 is 5.11 Å². The van der Waals surface area contributed by atoms with Crippen molar-refractivity contribution in [3.63, 3.8) is 0 Å². The van der Waals surface area contributed by atoms with E-state index in [4.69, 9.17) is 5.11 Å². The normalized spacial score (nSPS) is 10.9. The summed E-state index contributed by atoms with van der Waals surface area (Å²) in [5.74, 6) is -1.14.